The van der Waals surface area contributed by atoms with Gasteiger partial charge in [-0.05, 0) is 57.3 Å². The monoisotopic (exact) mass is 474 g/mol. The summed E-state index contributed by atoms with van der Waals surface area (Å²) in [5.74, 6) is 1.84. The SMILES string of the molecule is CC1CCN(CC[S-])CC1.[CH2-]CC(C[CH2-])N1CCN(N2CCC(N)CC2)CC1.[Zn]. The van der Waals surface area contributed by atoms with Gasteiger partial charge in [-0.15, -0.1) is 0 Å². The second-order valence-electron chi connectivity index (χ2n) is 8.74. The van der Waals surface area contributed by atoms with Crippen molar-refractivity contribution in [1.29, 1.82) is 0 Å². The summed E-state index contributed by atoms with van der Waals surface area (Å²) < 4.78 is 0. The van der Waals surface area contributed by atoms with E-state index in [0.29, 0.717) is 12.1 Å². The number of piperidine rings is 2. The molecule has 3 aliphatic rings. The first kappa shape index (κ1) is 27.8. The Balaban J connectivity index is 0.000000327. The number of hydrogen-bond acceptors (Lipinski definition) is 6. The number of nitrogens with zero attached hydrogens (tertiary/aromatic N) is 4. The number of hydrazine groups is 1. The van der Waals surface area contributed by atoms with Gasteiger partial charge in [0.2, 0.25) is 0 Å². The van der Waals surface area contributed by atoms with Crippen molar-refractivity contribution in [2.24, 2.45) is 11.7 Å². The van der Waals surface area contributed by atoms with Gasteiger partial charge in [-0.25, -0.2) is 10.0 Å². The molecular weight excluding hydrogens is 432 g/mol. The molecule has 0 saturated carbocycles. The van der Waals surface area contributed by atoms with Gasteiger partial charge in [0.1, 0.15) is 0 Å². The number of rotatable bonds is 6. The predicted molar refractivity (Wildman–Crippen MR) is 123 cm³/mol. The van der Waals surface area contributed by atoms with E-state index >= 15 is 0 Å². The van der Waals surface area contributed by atoms with Crippen molar-refractivity contribution in [3.8, 4) is 0 Å². The molecule has 0 unspecified atom stereocenters. The standard InChI is InChI=1S/C14H28N4.C8H17NS.Zn/c1-3-14(4-2)16-9-11-18(12-10-16)17-7-5-13(15)6-8-17;1-8-2-4-9(5-3-8)6-7-10;/h13-14H,1-12,15H2;8,10H,2-7H2,1H3;/q-2;;/p-1. The van der Waals surface area contributed by atoms with Gasteiger partial charge in [0.05, 0.1) is 0 Å². The van der Waals surface area contributed by atoms with Gasteiger partial charge in [-0.1, -0.05) is 6.92 Å². The molecule has 7 heteroatoms. The molecule has 0 atom stereocenters. The summed E-state index contributed by atoms with van der Waals surface area (Å²) in [6.07, 6.45) is 6.97. The first-order valence-corrected chi connectivity index (χ1v) is 12.0. The third-order valence-electron chi connectivity index (χ3n) is 6.67. The van der Waals surface area contributed by atoms with Crippen molar-refractivity contribution in [3.63, 3.8) is 0 Å². The van der Waals surface area contributed by atoms with Crippen LogP contribution in [0, 0.1) is 19.8 Å². The molecule has 5 nitrogen and oxygen atoms in total. The van der Waals surface area contributed by atoms with Crippen molar-refractivity contribution in [1.82, 2.24) is 19.8 Å². The summed E-state index contributed by atoms with van der Waals surface area (Å²) in [4.78, 5) is 5.03. The molecule has 0 bridgehead atoms. The topological polar surface area (TPSA) is 39.0 Å². The van der Waals surface area contributed by atoms with Crippen LogP contribution in [0.25, 0.3) is 0 Å². The quantitative estimate of drug-likeness (QED) is 0.360. The smallest absolute Gasteiger partial charge is 0.0261 e. The van der Waals surface area contributed by atoms with Crippen molar-refractivity contribution < 1.29 is 19.5 Å². The Hall–Kier alpha value is 0.773. The van der Waals surface area contributed by atoms with Gasteiger partial charge in [0.15, 0.2) is 0 Å². The summed E-state index contributed by atoms with van der Waals surface area (Å²) in [7, 11) is 0. The average molecular weight is 476 g/mol. The maximum Gasteiger partial charge on any atom is 0.0261 e. The van der Waals surface area contributed by atoms with Gasteiger partial charge in [-0.2, -0.15) is 18.6 Å². The zero-order valence-corrected chi connectivity index (χ0v) is 22.7. The third-order valence-corrected chi connectivity index (χ3v) is 6.86. The normalized spacial score (nSPS) is 24.2. The molecule has 0 aromatic carbocycles. The molecule has 0 spiro atoms. The molecule has 0 aromatic heterocycles. The van der Waals surface area contributed by atoms with E-state index in [1.54, 1.807) is 0 Å². The Labute approximate surface area is 199 Å². The van der Waals surface area contributed by atoms with Crippen LogP contribution in [0.3, 0.4) is 0 Å². The van der Waals surface area contributed by atoms with Gasteiger partial charge in [0, 0.05) is 64.8 Å². The van der Waals surface area contributed by atoms with E-state index in [0.717, 1.165) is 83.2 Å². The molecule has 3 heterocycles. The Bertz CT molecular complexity index is 389. The number of piperazine rings is 1. The van der Waals surface area contributed by atoms with Crippen molar-refractivity contribution in [3.05, 3.63) is 13.8 Å². The summed E-state index contributed by atoms with van der Waals surface area (Å²) in [6.45, 7) is 20.9. The molecule has 29 heavy (non-hydrogen) atoms. The Kier molecular flexibility index (Phi) is 14.9. The van der Waals surface area contributed by atoms with Crippen LogP contribution in [-0.4, -0.2) is 96.6 Å². The Morgan fingerprint density at radius 3 is 1.86 bits per heavy atom. The Morgan fingerprint density at radius 1 is 0.862 bits per heavy atom. The first-order valence-electron chi connectivity index (χ1n) is 11.5. The molecular formula is C22H44N5SZn-3. The second kappa shape index (κ2) is 15.6. The Morgan fingerprint density at radius 2 is 1.38 bits per heavy atom. The summed E-state index contributed by atoms with van der Waals surface area (Å²) >= 11 is 4.92. The van der Waals surface area contributed by atoms with Gasteiger partial charge >= 0.3 is 0 Å². The van der Waals surface area contributed by atoms with Gasteiger partial charge in [0.25, 0.3) is 0 Å². The molecule has 0 aromatic rings. The molecule has 3 rings (SSSR count). The van der Waals surface area contributed by atoms with E-state index in [9.17, 15) is 0 Å². The van der Waals surface area contributed by atoms with Crippen LogP contribution in [0.5, 0.6) is 0 Å². The minimum absolute atomic E-state index is 0. The fraction of sp³-hybridized carbons (Fsp3) is 0.909. The third kappa shape index (κ3) is 9.84. The first-order chi connectivity index (χ1) is 13.6. The average Bonchev–Trinajstić information content (AvgIpc) is 2.73. The maximum absolute atomic E-state index is 5.96. The maximum atomic E-state index is 5.96. The van der Waals surface area contributed by atoms with E-state index < -0.39 is 0 Å². The van der Waals surface area contributed by atoms with Crippen LogP contribution in [-0.2, 0) is 32.1 Å². The van der Waals surface area contributed by atoms with Gasteiger partial charge in [-0.3, -0.25) is 0 Å². The molecule has 168 valence electrons. The molecule has 3 saturated heterocycles. The zero-order valence-electron chi connectivity index (χ0n) is 18.9. The number of hydrogen-bond donors (Lipinski definition) is 1. The van der Waals surface area contributed by atoms with Crippen molar-refractivity contribution in [2.75, 3.05) is 64.7 Å². The van der Waals surface area contributed by atoms with Crippen LogP contribution in [0.15, 0.2) is 0 Å². The largest absolute Gasteiger partial charge is 0.791 e. The van der Waals surface area contributed by atoms with E-state index in [1.165, 1.54) is 25.9 Å². The number of nitrogens with two attached hydrogens (primary N) is 1. The summed E-state index contributed by atoms with van der Waals surface area (Å²) in [6, 6.07) is 0.992. The number of likely N-dealkylation sites (tertiary alicyclic amines) is 1. The predicted octanol–water partition coefficient (Wildman–Crippen LogP) is 2.02. The molecule has 0 aliphatic carbocycles. The molecule has 3 fully saturated rings. The molecule has 0 radical (unpaired) electrons. The van der Waals surface area contributed by atoms with E-state index in [-0.39, 0.29) is 19.5 Å². The van der Waals surface area contributed by atoms with E-state index in [2.05, 4.69) is 40.6 Å². The fourth-order valence-electron chi connectivity index (χ4n) is 4.45. The van der Waals surface area contributed by atoms with Crippen molar-refractivity contribution in [2.45, 2.75) is 57.5 Å². The molecule has 3 aliphatic heterocycles. The van der Waals surface area contributed by atoms with Crippen LogP contribution < -0.4 is 5.73 Å². The summed E-state index contributed by atoms with van der Waals surface area (Å²) in [5.41, 5.74) is 5.96. The van der Waals surface area contributed by atoms with E-state index in [4.69, 9.17) is 18.4 Å². The van der Waals surface area contributed by atoms with Crippen LogP contribution in [0.4, 0.5) is 0 Å². The fourth-order valence-corrected chi connectivity index (χ4v) is 4.71. The van der Waals surface area contributed by atoms with Crippen LogP contribution in [0.2, 0.25) is 0 Å². The van der Waals surface area contributed by atoms with E-state index in [1.807, 2.05) is 0 Å². The zero-order chi connectivity index (χ0) is 20.4. The minimum atomic E-state index is 0. The van der Waals surface area contributed by atoms with Crippen LogP contribution in [0.1, 0.15) is 45.4 Å². The minimum Gasteiger partial charge on any atom is -0.791 e. The van der Waals surface area contributed by atoms with Crippen molar-refractivity contribution >= 4 is 12.6 Å². The molecule has 2 N–H and O–H groups in total. The molecule has 0 amide bonds. The van der Waals surface area contributed by atoms with Crippen LogP contribution >= 0.6 is 0 Å². The second-order valence-corrected chi connectivity index (χ2v) is 9.15. The van der Waals surface area contributed by atoms with Gasteiger partial charge < -0.3 is 42.0 Å². The summed E-state index contributed by atoms with van der Waals surface area (Å²) in [5, 5.41) is 5.02.